The monoisotopic (exact) mass is 252 g/mol. The third-order valence-corrected chi connectivity index (χ3v) is 2.98. The SMILES string of the molecule is CCCNC(CC(C)OC)c1cncc(OC)c1. The van der Waals surface area contributed by atoms with Crippen molar-refractivity contribution in [2.75, 3.05) is 20.8 Å². The smallest absolute Gasteiger partial charge is 0.137 e. The molecule has 18 heavy (non-hydrogen) atoms. The van der Waals surface area contributed by atoms with Crippen LogP contribution < -0.4 is 10.1 Å². The molecule has 1 aromatic rings. The van der Waals surface area contributed by atoms with Crippen molar-refractivity contribution in [2.45, 2.75) is 38.8 Å². The first kappa shape index (κ1) is 14.9. The molecule has 2 atom stereocenters. The van der Waals surface area contributed by atoms with Crippen LogP contribution in [0.1, 0.15) is 38.3 Å². The van der Waals surface area contributed by atoms with Gasteiger partial charge in [-0.2, -0.15) is 0 Å². The van der Waals surface area contributed by atoms with E-state index in [9.17, 15) is 0 Å². The lowest BCUT2D eigenvalue weighted by Gasteiger charge is -2.22. The summed E-state index contributed by atoms with van der Waals surface area (Å²) in [4.78, 5) is 4.21. The van der Waals surface area contributed by atoms with Gasteiger partial charge in [0.25, 0.3) is 0 Å². The maximum Gasteiger partial charge on any atom is 0.137 e. The Hall–Kier alpha value is -1.13. The van der Waals surface area contributed by atoms with E-state index in [0.29, 0.717) is 0 Å². The number of pyridine rings is 1. The van der Waals surface area contributed by atoms with Gasteiger partial charge in [0.05, 0.1) is 19.4 Å². The summed E-state index contributed by atoms with van der Waals surface area (Å²) in [6.45, 7) is 5.22. The molecule has 1 rings (SSSR count). The van der Waals surface area contributed by atoms with Gasteiger partial charge >= 0.3 is 0 Å². The highest BCUT2D eigenvalue weighted by Gasteiger charge is 2.15. The highest BCUT2D eigenvalue weighted by Crippen LogP contribution is 2.22. The van der Waals surface area contributed by atoms with Gasteiger partial charge < -0.3 is 14.8 Å². The fraction of sp³-hybridized carbons (Fsp3) is 0.643. The number of rotatable bonds is 8. The van der Waals surface area contributed by atoms with Crippen molar-refractivity contribution in [3.8, 4) is 5.75 Å². The van der Waals surface area contributed by atoms with Crippen LogP contribution in [0.4, 0.5) is 0 Å². The number of ether oxygens (including phenoxy) is 2. The first-order valence-electron chi connectivity index (χ1n) is 6.46. The molecule has 0 spiro atoms. The standard InChI is InChI=1S/C14H24N2O2/c1-5-6-16-14(7-11(2)17-3)12-8-13(18-4)10-15-9-12/h8-11,14,16H,5-7H2,1-4H3. The van der Waals surface area contributed by atoms with Gasteiger partial charge in [-0.25, -0.2) is 0 Å². The Morgan fingerprint density at radius 2 is 2.11 bits per heavy atom. The minimum absolute atomic E-state index is 0.213. The van der Waals surface area contributed by atoms with Crippen molar-refractivity contribution in [1.29, 1.82) is 0 Å². The van der Waals surface area contributed by atoms with Crippen molar-refractivity contribution in [1.82, 2.24) is 10.3 Å². The highest BCUT2D eigenvalue weighted by atomic mass is 16.5. The summed E-state index contributed by atoms with van der Waals surface area (Å²) in [5.41, 5.74) is 1.15. The fourth-order valence-corrected chi connectivity index (χ4v) is 1.82. The Labute approximate surface area is 110 Å². The van der Waals surface area contributed by atoms with Gasteiger partial charge in [-0.15, -0.1) is 0 Å². The van der Waals surface area contributed by atoms with Crippen LogP contribution in [-0.4, -0.2) is 31.9 Å². The molecule has 4 heteroatoms. The summed E-state index contributed by atoms with van der Waals surface area (Å²) in [5, 5.41) is 3.53. The Morgan fingerprint density at radius 1 is 1.33 bits per heavy atom. The predicted octanol–water partition coefficient (Wildman–Crippen LogP) is 2.56. The third-order valence-electron chi connectivity index (χ3n) is 2.98. The maximum atomic E-state index is 5.35. The van der Waals surface area contributed by atoms with E-state index < -0.39 is 0 Å². The van der Waals surface area contributed by atoms with Crippen LogP contribution >= 0.6 is 0 Å². The van der Waals surface area contributed by atoms with Gasteiger partial charge in [-0.3, -0.25) is 4.98 Å². The van der Waals surface area contributed by atoms with Crippen molar-refractivity contribution < 1.29 is 9.47 Å². The lowest BCUT2D eigenvalue weighted by Crippen LogP contribution is -2.26. The lowest BCUT2D eigenvalue weighted by atomic mass is 10.0. The van der Waals surface area contributed by atoms with Crippen LogP contribution in [-0.2, 0) is 4.74 Å². The minimum Gasteiger partial charge on any atom is -0.495 e. The van der Waals surface area contributed by atoms with Gasteiger partial charge in [-0.1, -0.05) is 6.92 Å². The molecular formula is C14H24N2O2. The molecule has 1 N–H and O–H groups in total. The van der Waals surface area contributed by atoms with Gasteiger partial charge in [0.15, 0.2) is 0 Å². The summed E-state index contributed by atoms with van der Waals surface area (Å²) >= 11 is 0. The number of hydrogen-bond donors (Lipinski definition) is 1. The van der Waals surface area contributed by atoms with Crippen molar-refractivity contribution >= 4 is 0 Å². The zero-order valence-electron chi connectivity index (χ0n) is 11.8. The molecule has 0 aromatic carbocycles. The van der Waals surface area contributed by atoms with Gasteiger partial charge in [-0.05, 0) is 37.9 Å². The molecule has 0 saturated carbocycles. The Balaban J connectivity index is 2.78. The molecule has 102 valence electrons. The molecule has 0 aliphatic heterocycles. The van der Waals surface area contributed by atoms with Gasteiger partial charge in [0.1, 0.15) is 5.75 Å². The van der Waals surface area contributed by atoms with Crippen LogP contribution in [0.2, 0.25) is 0 Å². The molecule has 0 radical (unpaired) electrons. The number of nitrogens with one attached hydrogen (secondary N) is 1. The average Bonchev–Trinajstić information content (AvgIpc) is 2.43. The number of hydrogen-bond acceptors (Lipinski definition) is 4. The summed E-state index contributed by atoms with van der Waals surface area (Å²) in [5.74, 6) is 0.792. The maximum absolute atomic E-state index is 5.35. The third kappa shape index (κ3) is 4.63. The first-order chi connectivity index (χ1) is 8.71. The summed E-state index contributed by atoms with van der Waals surface area (Å²) in [6.07, 6.45) is 5.85. The molecule has 4 nitrogen and oxygen atoms in total. The van der Waals surface area contributed by atoms with E-state index in [0.717, 1.165) is 30.7 Å². The molecule has 1 aromatic heterocycles. The van der Waals surface area contributed by atoms with E-state index in [-0.39, 0.29) is 12.1 Å². The second kappa shape index (κ2) is 8.06. The first-order valence-corrected chi connectivity index (χ1v) is 6.46. The normalized spacial score (nSPS) is 14.2. The summed E-state index contributed by atoms with van der Waals surface area (Å²) in [6, 6.07) is 2.28. The molecule has 2 unspecified atom stereocenters. The number of methoxy groups -OCH3 is 2. The van der Waals surface area contributed by atoms with Crippen LogP contribution in [0.3, 0.4) is 0 Å². The molecule has 0 aliphatic carbocycles. The number of nitrogens with zero attached hydrogens (tertiary/aromatic N) is 1. The second-order valence-corrected chi connectivity index (χ2v) is 4.45. The summed E-state index contributed by atoms with van der Waals surface area (Å²) < 4.78 is 10.6. The second-order valence-electron chi connectivity index (χ2n) is 4.45. The molecular weight excluding hydrogens is 228 g/mol. The van der Waals surface area contributed by atoms with E-state index in [1.807, 2.05) is 12.3 Å². The Bertz CT molecular complexity index is 344. The van der Waals surface area contributed by atoms with E-state index in [4.69, 9.17) is 9.47 Å². The molecule has 1 heterocycles. The predicted molar refractivity (Wildman–Crippen MR) is 72.9 cm³/mol. The quantitative estimate of drug-likeness (QED) is 0.772. The molecule has 0 bridgehead atoms. The van der Waals surface area contributed by atoms with Crippen LogP contribution in [0, 0.1) is 0 Å². The Kier molecular flexibility index (Phi) is 6.68. The topological polar surface area (TPSA) is 43.4 Å². The number of aromatic nitrogens is 1. The largest absolute Gasteiger partial charge is 0.495 e. The molecule has 0 saturated heterocycles. The molecule has 0 fully saturated rings. The van der Waals surface area contributed by atoms with Crippen LogP contribution in [0.15, 0.2) is 18.5 Å². The lowest BCUT2D eigenvalue weighted by molar-refractivity contribution is 0.100. The molecule has 0 amide bonds. The van der Waals surface area contributed by atoms with E-state index in [2.05, 4.69) is 24.1 Å². The van der Waals surface area contributed by atoms with E-state index in [1.165, 1.54) is 0 Å². The van der Waals surface area contributed by atoms with Crippen molar-refractivity contribution in [2.24, 2.45) is 0 Å². The van der Waals surface area contributed by atoms with E-state index in [1.54, 1.807) is 20.4 Å². The van der Waals surface area contributed by atoms with Gasteiger partial charge in [0.2, 0.25) is 0 Å². The zero-order valence-corrected chi connectivity index (χ0v) is 11.8. The minimum atomic E-state index is 0.213. The van der Waals surface area contributed by atoms with E-state index >= 15 is 0 Å². The van der Waals surface area contributed by atoms with Crippen molar-refractivity contribution in [3.63, 3.8) is 0 Å². The van der Waals surface area contributed by atoms with Crippen LogP contribution in [0.25, 0.3) is 0 Å². The average molecular weight is 252 g/mol. The van der Waals surface area contributed by atoms with Crippen molar-refractivity contribution in [3.05, 3.63) is 24.0 Å². The summed E-state index contributed by atoms with van der Waals surface area (Å²) in [7, 11) is 3.40. The van der Waals surface area contributed by atoms with Crippen LogP contribution in [0.5, 0.6) is 5.75 Å². The Morgan fingerprint density at radius 3 is 2.72 bits per heavy atom. The molecule has 0 aliphatic rings. The fourth-order valence-electron chi connectivity index (χ4n) is 1.82. The van der Waals surface area contributed by atoms with Gasteiger partial charge in [0, 0.05) is 19.3 Å². The highest BCUT2D eigenvalue weighted by molar-refractivity contribution is 5.26. The zero-order chi connectivity index (χ0) is 13.4.